The molecule has 0 bridgehead atoms. The molecule has 1 saturated heterocycles. The van der Waals surface area contributed by atoms with Gasteiger partial charge in [-0.15, -0.1) is 0 Å². The third-order valence-electron chi connectivity index (χ3n) is 5.64. The third-order valence-corrected chi connectivity index (χ3v) is 7.57. The molecule has 0 spiro atoms. The lowest BCUT2D eigenvalue weighted by atomic mass is 10.1. The number of benzene rings is 1. The summed E-state index contributed by atoms with van der Waals surface area (Å²) in [5.41, 5.74) is 2.22. The van der Waals surface area contributed by atoms with Gasteiger partial charge < -0.3 is 14.5 Å². The minimum atomic E-state index is -3.87. The number of nitrogens with one attached hydrogen (secondary N) is 1. The molecule has 1 aliphatic heterocycles. The Morgan fingerprint density at radius 3 is 2.39 bits per heavy atom. The quantitative estimate of drug-likeness (QED) is 0.459. The van der Waals surface area contributed by atoms with E-state index in [1.807, 2.05) is 6.92 Å². The second-order valence-electron chi connectivity index (χ2n) is 7.96. The fraction of sp³-hybridized carbons (Fsp3) is 0.435. The molecule has 0 unspecified atom stereocenters. The van der Waals surface area contributed by atoms with Gasteiger partial charge in [-0.2, -0.15) is 4.31 Å². The van der Waals surface area contributed by atoms with Gasteiger partial charge in [0, 0.05) is 17.8 Å². The smallest absolute Gasteiger partial charge is 0.355 e. The minimum Gasteiger partial charge on any atom is -0.461 e. The van der Waals surface area contributed by atoms with E-state index in [-0.39, 0.29) is 29.3 Å². The summed E-state index contributed by atoms with van der Waals surface area (Å²) < 4.78 is 37.4. The Hall–Kier alpha value is -2.98. The lowest BCUT2D eigenvalue weighted by Gasteiger charge is -2.22. The van der Waals surface area contributed by atoms with Gasteiger partial charge in [-0.05, 0) is 58.2 Å². The van der Waals surface area contributed by atoms with E-state index in [0.717, 1.165) is 9.87 Å². The summed E-state index contributed by atoms with van der Waals surface area (Å²) in [6, 6.07) is 5.41. The molecule has 33 heavy (non-hydrogen) atoms. The largest absolute Gasteiger partial charge is 0.461 e. The fourth-order valence-electron chi connectivity index (χ4n) is 3.99. The first-order chi connectivity index (χ1) is 15.6. The fourth-order valence-corrected chi connectivity index (χ4v) is 5.64. The molecule has 0 aliphatic carbocycles. The van der Waals surface area contributed by atoms with E-state index in [4.69, 9.17) is 9.47 Å². The molecule has 9 nitrogen and oxygen atoms in total. The minimum absolute atomic E-state index is 0.106. The zero-order valence-corrected chi connectivity index (χ0v) is 20.0. The first kappa shape index (κ1) is 24.7. The maximum Gasteiger partial charge on any atom is 0.355 e. The standard InChI is InChI=1S/C23H28N2O7S/c1-5-31-23(28)21-15(3)20(16(4)24-21)19(26)13-32-22(27)18-7-6-12-25(18)33(29,30)17-10-8-14(2)9-11-17/h8-11,18,24H,5-7,12-13H2,1-4H3/t18-/m0/s1. The van der Waals surface area contributed by atoms with Crippen molar-refractivity contribution >= 4 is 27.7 Å². The zero-order chi connectivity index (χ0) is 24.3. The van der Waals surface area contributed by atoms with Crippen LogP contribution in [0.3, 0.4) is 0 Å². The SMILES string of the molecule is CCOC(=O)c1[nH]c(C)c(C(=O)COC(=O)[C@@H]2CCCN2S(=O)(=O)c2ccc(C)cc2)c1C. The van der Waals surface area contributed by atoms with Gasteiger partial charge in [-0.3, -0.25) is 9.59 Å². The van der Waals surface area contributed by atoms with E-state index in [9.17, 15) is 22.8 Å². The van der Waals surface area contributed by atoms with Crippen LogP contribution in [0.1, 0.15) is 57.4 Å². The Bertz CT molecular complexity index is 1170. The van der Waals surface area contributed by atoms with E-state index >= 15 is 0 Å². The monoisotopic (exact) mass is 476 g/mol. The highest BCUT2D eigenvalue weighted by molar-refractivity contribution is 7.89. The predicted octanol–water partition coefficient (Wildman–Crippen LogP) is 2.70. The van der Waals surface area contributed by atoms with E-state index in [2.05, 4.69) is 4.98 Å². The Labute approximate surface area is 193 Å². The van der Waals surface area contributed by atoms with Crippen molar-refractivity contribution in [2.45, 2.75) is 51.5 Å². The van der Waals surface area contributed by atoms with Crippen molar-refractivity contribution in [2.24, 2.45) is 0 Å². The van der Waals surface area contributed by atoms with Crippen LogP contribution in [0.15, 0.2) is 29.2 Å². The Morgan fingerprint density at radius 1 is 1.09 bits per heavy atom. The number of ketones is 1. The van der Waals surface area contributed by atoms with Gasteiger partial charge in [0.15, 0.2) is 6.61 Å². The van der Waals surface area contributed by atoms with E-state index < -0.39 is 40.4 Å². The molecule has 178 valence electrons. The molecule has 0 saturated carbocycles. The molecule has 0 radical (unpaired) electrons. The summed E-state index contributed by atoms with van der Waals surface area (Å²) in [7, 11) is -3.87. The number of carbonyl (C=O) groups is 3. The molecular weight excluding hydrogens is 448 g/mol. The van der Waals surface area contributed by atoms with Gasteiger partial charge in [0.2, 0.25) is 15.8 Å². The van der Waals surface area contributed by atoms with Crippen LogP contribution in [0.4, 0.5) is 0 Å². The average molecular weight is 477 g/mol. The number of rotatable bonds is 8. The van der Waals surface area contributed by atoms with Crippen molar-refractivity contribution in [1.29, 1.82) is 0 Å². The maximum atomic E-state index is 13.0. The number of aromatic amines is 1. The number of Topliss-reactive ketones (excluding diaryl/α,β-unsaturated/α-hetero) is 1. The number of ether oxygens (including phenoxy) is 2. The van der Waals surface area contributed by atoms with Gasteiger partial charge in [-0.1, -0.05) is 17.7 Å². The molecule has 1 atom stereocenters. The topological polar surface area (TPSA) is 123 Å². The van der Waals surface area contributed by atoms with Crippen molar-refractivity contribution in [3.63, 3.8) is 0 Å². The first-order valence-corrected chi connectivity index (χ1v) is 12.2. The Balaban J connectivity index is 1.71. The van der Waals surface area contributed by atoms with E-state index in [1.54, 1.807) is 32.9 Å². The number of aromatic nitrogens is 1. The van der Waals surface area contributed by atoms with Gasteiger partial charge >= 0.3 is 11.9 Å². The van der Waals surface area contributed by atoms with E-state index in [1.165, 1.54) is 12.1 Å². The van der Waals surface area contributed by atoms with Crippen molar-refractivity contribution in [1.82, 2.24) is 9.29 Å². The van der Waals surface area contributed by atoms with Crippen LogP contribution >= 0.6 is 0 Å². The normalized spacial score (nSPS) is 16.5. The molecule has 1 aromatic heterocycles. The number of hydrogen-bond acceptors (Lipinski definition) is 7. The molecule has 1 N–H and O–H groups in total. The third kappa shape index (κ3) is 5.01. The highest BCUT2D eigenvalue weighted by Gasteiger charge is 2.40. The summed E-state index contributed by atoms with van der Waals surface area (Å²) in [6.45, 7) is 6.61. The van der Waals surface area contributed by atoms with Crippen molar-refractivity contribution in [2.75, 3.05) is 19.8 Å². The molecule has 10 heteroatoms. The van der Waals surface area contributed by atoms with Crippen LogP contribution < -0.4 is 0 Å². The zero-order valence-electron chi connectivity index (χ0n) is 19.1. The van der Waals surface area contributed by atoms with Gasteiger partial charge in [0.1, 0.15) is 11.7 Å². The number of H-pyrrole nitrogens is 1. The lowest BCUT2D eigenvalue weighted by molar-refractivity contribution is -0.146. The van der Waals surface area contributed by atoms with Crippen LogP contribution in [0.2, 0.25) is 0 Å². The molecule has 1 aliphatic rings. The summed E-state index contributed by atoms with van der Waals surface area (Å²) in [6.07, 6.45) is 0.824. The highest BCUT2D eigenvalue weighted by Crippen LogP contribution is 2.27. The number of esters is 2. The Kier molecular flexibility index (Phi) is 7.38. The van der Waals surface area contributed by atoms with Crippen molar-refractivity contribution < 1.29 is 32.3 Å². The summed E-state index contributed by atoms with van der Waals surface area (Å²) in [5.74, 6) is -1.83. The first-order valence-electron chi connectivity index (χ1n) is 10.7. The highest BCUT2D eigenvalue weighted by atomic mass is 32.2. The number of nitrogens with zero attached hydrogens (tertiary/aromatic N) is 1. The average Bonchev–Trinajstić information content (AvgIpc) is 3.37. The second kappa shape index (κ2) is 9.88. The summed E-state index contributed by atoms with van der Waals surface area (Å²) in [4.78, 5) is 40.5. The Morgan fingerprint density at radius 2 is 1.76 bits per heavy atom. The summed E-state index contributed by atoms with van der Waals surface area (Å²) >= 11 is 0. The van der Waals surface area contributed by atoms with Crippen LogP contribution in [0.25, 0.3) is 0 Å². The number of carbonyl (C=O) groups excluding carboxylic acids is 3. The molecule has 2 aromatic rings. The second-order valence-corrected chi connectivity index (χ2v) is 9.85. The molecule has 1 aromatic carbocycles. The molecule has 2 heterocycles. The molecule has 0 amide bonds. The molecule has 1 fully saturated rings. The van der Waals surface area contributed by atoms with Gasteiger partial charge in [-0.25, -0.2) is 13.2 Å². The van der Waals surface area contributed by atoms with Crippen molar-refractivity contribution in [3.8, 4) is 0 Å². The van der Waals surface area contributed by atoms with Gasteiger partial charge in [0.25, 0.3) is 0 Å². The maximum absolute atomic E-state index is 13.0. The van der Waals surface area contributed by atoms with Crippen molar-refractivity contribution in [3.05, 3.63) is 52.3 Å². The van der Waals surface area contributed by atoms with E-state index in [0.29, 0.717) is 24.1 Å². The van der Waals surface area contributed by atoms with Crippen LogP contribution in [0, 0.1) is 20.8 Å². The van der Waals surface area contributed by atoms with Gasteiger partial charge in [0.05, 0.1) is 11.5 Å². The number of sulfonamides is 1. The molecule has 3 rings (SSSR count). The lowest BCUT2D eigenvalue weighted by Crippen LogP contribution is -2.41. The number of hydrogen-bond donors (Lipinski definition) is 1. The summed E-state index contributed by atoms with van der Waals surface area (Å²) in [5, 5.41) is 0. The van der Waals surface area contributed by atoms with Crippen LogP contribution in [-0.2, 0) is 24.3 Å². The van der Waals surface area contributed by atoms with Crippen LogP contribution in [-0.4, -0.2) is 61.2 Å². The predicted molar refractivity (Wildman–Crippen MR) is 120 cm³/mol. The number of aryl methyl sites for hydroxylation is 2. The van der Waals surface area contributed by atoms with Crippen LogP contribution in [0.5, 0.6) is 0 Å². The molecular formula is C23H28N2O7S.